The second-order valence-corrected chi connectivity index (χ2v) is 6.08. The van der Waals surface area contributed by atoms with E-state index in [-0.39, 0.29) is 0 Å². The molecule has 0 bridgehead atoms. The summed E-state index contributed by atoms with van der Waals surface area (Å²) in [5.74, 6) is 0. The van der Waals surface area contributed by atoms with Crippen LogP contribution in [0.1, 0.15) is 32.8 Å². The van der Waals surface area contributed by atoms with Gasteiger partial charge in [-0.25, -0.2) is 0 Å². The Labute approximate surface area is 129 Å². The van der Waals surface area contributed by atoms with Gasteiger partial charge in [-0.2, -0.15) is 0 Å². The van der Waals surface area contributed by atoms with Crippen molar-refractivity contribution in [2.75, 3.05) is 26.2 Å². The fourth-order valence-corrected chi connectivity index (χ4v) is 3.26. The lowest BCUT2D eigenvalue weighted by Gasteiger charge is -2.41. The van der Waals surface area contributed by atoms with Crippen LogP contribution < -0.4 is 5.32 Å². The fourth-order valence-electron chi connectivity index (χ4n) is 3.26. The van der Waals surface area contributed by atoms with Gasteiger partial charge in [-0.05, 0) is 32.3 Å². The molecule has 3 unspecified atom stereocenters. The van der Waals surface area contributed by atoms with E-state index in [0.717, 1.165) is 32.7 Å². The summed E-state index contributed by atoms with van der Waals surface area (Å²) in [6.45, 7) is 10.6. The molecule has 1 aromatic carbocycles. The molecule has 118 valence electrons. The Kier molecular flexibility index (Phi) is 6.68. The maximum Gasteiger partial charge on any atom is 0.0673 e. The van der Waals surface area contributed by atoms with Crippen LogP contribution in [0.3, 0.4) is 0 Å². The zero-order chi connectivity index (χ0) is 15.1. The van der Waals surface area contributed by atoms with Crippen LogP contribution in [-0.2, 0) is 11.2 Å². The Hall–Kier alpha value is -0.900. The number of benzene rings is 1. The van der Waals surface area contributed by atoms with E-state index < -0.39 is 0 Å². The van der Waals surface area contributed by atoms with E-state index in [2.05, 4.69) is 61.3 Å². The molecule has 3 atom stereocenters. The lowest BCUT2D eigenvalue weighted by atomic mass is 10.0. The summed E-state index contributed by atoms with van der Waals surface area (Å²) < 4.78 is 5.73. The van der Waals surface area contributed by atoms with Gasteiger partial charge >= 0.3 is 0 Å². The second kappa shape index (κ2) is 8.52. The molecule has 2 rings (SSSR count). The zero-order valence-electron chi connectivity index (χ0n) is 13.7. The molecule has 1 aliphatic heterocycles. The van der Waals surface area contributed by atoms with E-state index in [0.29, 0.717) is 18.2 Å². The van der Waals surface area contributed by atoms with Gasteiger partial charge in [-0.15, -0.1) is 0 Å². The maximum atomic E-state index is 5.73. The van der Waals surface area contributed by atoms with E-state index in [1.807, 2.05) is 0 Å². The van der Waals surface area contributed by atoms with Crippen molar-refractivity contribution in [2.24, 2.45) is 0 Å². The minimum absolute atomic E-state index is 0.319. The molecule has 0 amide bonds. The third-order valence-corrected chi connectivity index (χ3v) is 4.35. The van der Waals surface area contributed by atoms with E-state index in [1.54, 1.807) is 0 Å². The molecule has 1 heterocycles. The smallest absolute Gasteiger partial charge is 0.0673 e. The van der Waals surface area contributed by atoms with Crippen molar-refractivity contribution in [3.63, 3.8) is 0 Å². The Bertz CT molecular complexity index is 395. The van der Waals surface area contributed by atoms with Gasteiger partial charge in [0.25, 0.3) is 0 Å². The Morgan fingerprint density at radius 3 is 2.71 bits per heavy atom. The molecule has 1 aliphatic rings. The summed E-state index contributed by atoms with van der Waals surface area (Å²) in [6, 6.07) is 12.0. The Morgan fingerprint density at radius 1 is 1.29 bits per heavy atom. The molecule has 3 nitrogen and oxygen atoms in total. The van der Waals surface area contributed by atoms with Crippen LogP contribution in [0.4, 0.5) is 0 Å². The molecule has 0 saturated carbocycles. The number of piperazine rings is 1. The number of nitrogens with zero attached hydrogens (tertiary/aromatic N) is 1. The first-order valence-electron chi connectivity index (χ1n) is 8.35. The molecule has 1 N–H and O–H groups in total. The van der Waals surface area contributed by atoms with Crippen LogP contribution in [0, 0.1) is 0 Å². The van der Waals surface area contributed by atoms with E-state index in [4.69, 9.17) is 4.74 Å². The third-order valence-electron chi connectivity index (χ3n) is 4.35. The lowest BCUT2D eigenvalue weighted by molar-refractivity contribution is 0.0193. The van der Waals surface area contributed by atoms with Gasteiger partial charge in [-0.1, -0.05) is 37.3 Å². The molecular weight excluding hydrogens is 260 g/mol. The first kappa shape index (κ1) is 16.5. The summed E-state index contributed by atoms with van der Waals surface area (Å²) in [7, 11) is 0. The van der Waals surface area contributed by atoms with Crippen molar-refractivity contribution < 1.29 is 4.74 Å². The molecule has 1 fully saturated rings. The van der Waals surface area contributed by atoms with Crippen molar-refractivity contribution in [1.82, 2.24) is 10.2 Å². The minimum atomic E-state index is 0.319. The van der Waals surface area contributed by atoms with Gasteiger partial charge in [0.2, 0.25) is 0 Å². The Balaban J connectivity index is 1.91. The highest BCUT2D eigenvalue weighted by atomic mass is 16.5. The Morgan fingerprint density at radius 2 is 2.05 bits per heavy atom. The van der Waals surface area contributed by atoms with Gasteiger partial charge in [0, 0.05) is 38.3 Å². The fraction of sp³-hybridized carbons (Fsp3) is 0.667. The SMILES string of the molecule is CCOC(C)CN1CC(Cc2ccccc2)NCC1CC. The van der Waals surface area contributed by atoms with Gasteiger partial charge in [0.15, 0.2) is 0 Å². The average molecular weight is 290 g/mol. The van der Waals surface area contributed by atoms with Crippen molar-refractivity contribution >= 4 is 0 Å². The highest BCUT2D eigenvalue weighted by Crippen LogP contribution is 2.14. The van der Waals surface area contributed by atoms with Gasteiger partial charge < -0.3 is 10.1 Å². The number of hydrogen-bond acceptors (Lipinski definition) is 3. The maximum absolute atomic E-state index is 5.73. The standard InChI is InChI=1S/C18H30N2O/c1-4-18-12-19-17(11-16-9-7-6-8-10-16)14-20(18)13-15(3)21-5-2/h6-10,15,17-19H,4-5,11-14H2,1-3H3. The zero-order valence-corrected chi connectivity index (χ0v) is 13.7. The van der Waals surface area contributed by atoms with Gasteiger partial charge in [-0.3, -0.25) is 4.90 Å². The van der Waals surface area contributed by atoms with Gasteiger partial charge in [0.1, 0.15) is 0 Å². The summed E-state index contributed by atoms with van der Waals surface area (Å²) in [4.78, 5) is 2.62. The predicted molar refractivity (Wildman–Crippen MR) is 88.7 cm³/mol. The van der Waals surface area contributed by atoms with Crippen molar-refractivity contribution in [3.05, 3.63) is 35.9 Å². The molecule has 21 heavy (non-hydrogen) atoms. The first-order chi connectivity index (χ1) is 10.2. The summed E-state index contributed by atoms with van der Waals surface area (Å²) >= 11 is 0. The van der Waals surface area contributed by atoms with Crippen LogP contribution in [0.15, 0.2) is 30.3 Å². The van der Waals surface area contributed by atoms with E-state index >= 15 is 0 Å². The predicted octanol–water partition coefficient (Wildman–Crippen LogP) is 2.71. The average Bonchev–Trinajstić information content (AvgIpc) is 2.49. The van der Waals surface area contributed by atoms with Crippen LogP contribution in [0.25, 0.3) is 0 Å². The summed E-state index contributed by atoms with van der Waals surface area (Å²) in [6.07, 6.45) is 2.63. The van der Waals surface area contributed by atoms with Crippen molar-refractivity contribution in [2.45, 2.75) is 51.8 Å². The third kappa shape index (κ3) is 5.10. The molecule has 0 radical (unpaired) electrons. The van der Waals surface area contributed by atoms with Crippen LogP contribution in [0.5, 0.6) is 0 Å². The van der Waals surface area contributed by atoms with E-state index in [9.17, 15) is 0 Å². The van der Waals surface area contributed by atoms with Crippen LogP contribution >= 0.6 is 0 Å². The van der Waals surface area contributed by atoms with Crippen LogP contribution in [-0.4, -0.2) is 49.3 Å². The number of ether oxygens (including phenoxy) is 1. The van der Waals surface area contributed by atoms with Crippen molar-refractivity contribution in [1.29, 1.82) is 0 Å². The monoisotopic (exact) mass is 290 g/mol. The molecule has 3 heteroatoms. The van der Waals surface area contributed by atoms with Gasteiger partial charge in [0.05, 0.1) is 6.10 Å². The molecular formula is C18H30N2O. The molecule has 1 aromatic rings. The number of rotatable bonds is 7. The molecule has 0 aliphatic carbocycles. The first-order valence-corrected chi connectivity index (χ1v) is 8.35. The quantitative estimate of drug-likeness (QED) is 0.835. The minimum Gasteiger partial charge on any atom is -0.377 e. The number of nitrogens with one attached hydrogen (secondary N) is 1. The van der Waals surface area contributed by atoms with Crippen molar-refractivity contribution in [3.8, 4) is 0 Å². The number of hydrogen-bond donors (Lipinski definition) is 1. The van der Waals surface area contributed by atoms with Crippen LogP contribution in [0.2, 0.25) is 0 Å². The summed E-state index contributed by atoms with van der Waals surface area (Å²) in [5.41, 5.74) is 1.42. The topological polar surface area (TPSA) is 24.5 Å². The summed E-state index contributed by atoms with van der Waals surface area (Å²) in [5, 5.41) is 3.72. The molecule has 0 aromatic heterocycles. The largest absolute Gasteiger partial charge is 0.377 e. The molecule has 1 saturated heterocycles. The normalized spacial score (nSPS) is 24.9. The molecule has 0 spiro atoms. The highest BCUT2D eigenvalue weighted by Gasteiger charge is 2.27. The lowest BCUT2D eigenvalue weighted by Crippen LogP contribution is -2.58. The highest BCUT2D eigenvalue weighted by molar-refractivity contribution is 5.16. The van der Waals surface area contributed by atoms with E-state index in [1.165, 1.54) is 12.0 Å². The second-order valence-electron chi connectivity index (χ2n) is 6.08.